The Kier molecular flexibility index (Phi) is 6.17. The number of carbonyl (C=O) groups is 2. The van der Waals surface area contributed by atoms with Gasteiger partial charge in [0.1, 0.15) is 0 Å². The van der Waals surface area contributed by atoms with Gasteiger partial charge in [-0.25, -0.2) is 0 Å². The lowest BCUT2D eigenvalue weighted by Crippen LogP contribution is -2.28. The number of aryl methyl sites for hydroxylation is 1. The fourth-order valence-corrected chi connectivity index (χ4v) is 2.84. The smallest absolute Gasteiger partial charge is 0.255 e. The van der Waals surface area contributed by atoms with Crippen LogP contribution in [0.3, 0.4) is 0 Å². The normalized spacial score (nSPS) is 10.4. The minimum atomic E-state index is -0.195. The number of hydrogen-bond acceptors (Lipinski definition) is 3. The van der Waals surface area contributed by atoms with Gasteiger partial charge in [0.15, 0.2) is 0 Å². The Hall–Kier alpha value is -3.47. The molecule has 142 valence electrons. The van der Waals surface area contributed by atoms with Crippen LogP contribution in [0.2, 0.25) is 0 Å². The molecule has 0 saturated carbocycles. The van der Waals surface area contributed by atoms with Crippen LogP contribution in [-0.2, 0) is 6.42 Å². The number of anilines is 1. The Morgan fingerprint density at radius 3 is 2.25 bits per heavy atom. The van der Waals surface area contributed by atoms with Crippen molar-refractivity contribution in [2.24, 2.45) is 0 Å². The molecule has 2 amide bonds. The first-order chi connectivity index (χ1) is 13.5. The number of likely N-dealkylation sites (N-methyl/N-ethyl adjacent to an activating group) is 1. The SMILES string of the molecule is Cc1ccccc1NC(=O)c1ccc(C(=O)N(C)CCc2ccncc2)cc1. The fourth-order valence-electron chi connectivity index (χ4n) is 2.84. The van der Waals surface area contributed by atoms with Crippen LogP contribution in [0.25, 0.3) is 0 Å². The third-order valence-electron chi connectivity index (χ3n) is 4.62. The predicted octanol–water partition coefficient (Wildman–Crippen LogP) is 3.96. The molecular formula is C23H23N3O2. The average molecular weight is 373 g/mol. The van der Waals surface area contributed by atoms with Crippen molar-refractivity contribution in [3.63, 3.8) is 0 Å². The van der Waals surface area contributed by atoms with E-state index in [9.17, 15) is 9.59 Å². The first-order valence-corrected chi connectivity index (χ1v) is 9.16. The van der Waals surface area contributed by atoms with E-state index in [0.29, 0.717) is 17.7 Å². The van der Waals surface area contributed by atoms with Crippen LogP contribution < -0.4 is 5.32 Å². The monoisotopic (exact) mass is 373 g/mol. The first kappa shape index (κ1) is 19.3. The van der Waals surface area contributed by atoms with Gasteiger partial charge >= 0.3 is 0 Å². The average Bonchev–Trinajstić information content (AvgIpc) is 2.74. The Labute approximate surface area is 165 Å². The summed E-state index contributed by atoms with van der Waals surface area (Å²) in [5, 5.41) is 2.90. The number of para-hydroxylation sites is 1. The summed E-state index contributed by atoms with van der Waals surface area (Å²) >= 11 is 0. The van der Waals surface area contributed by atoms with Gasteiger partial charge in [-0.3, -0.25) is 14.6 Å². The summed E-state index contributed by atoms with van der Waals surface area (Å²) in [7, 11) is 1.78. The highest BCUT2D eigenvalue weighted by Gasteiger charge is 2.13. The second kappa shape index (κ2) is 8.95. The maximum Gasteiger partial charge on any atom is 0.255 e. The third-order valence-corrected chi connectivity index (χ3v) is 4.62. The standard InChI is InChI=1S/C23H23N3O2/c1-17-5-3-4-6-21(17)25-22(27)19-7-9-20(10-8-19)23(28)26(2)16-13-18-11-14-24-15-12-18/h3-12,14-15H,13,16H2,1-2H3,(H,25,27). The summed E-state index contributed by atoms with van der Waals surface area (Å²) in [5.74, 6) is -0.265. The van der Waals surface area contributed by atoms with Gasteiger partial charge in [0, 0.05) is 42.8 Å². The molecule has 0 spiro atoms. The number of aromatic nitrogens is 1. The fraction of sp³-hybridized carbons (Fsp3) is 0.174. The number of hydrogen-bond donors (Lipinski definition) is 1. The molecule has 0 bridgehead atoms. The Morgan fingerprint density at radius 2 is 1.57 bits per heavy atom. The number of rotatable bonds is 6. The molecule has 0 atom stereocenters. The Morgan fingerprint density at radius 1 is 0.929 bits per heavy atom. The van der Waals surface area contributed by atoms with Crippen molar-refractivity contribution in [2.75, 3.05) is 18.9 Å². The largest absolute Gasteiger partial charge is 0.341 e. The highest BCUT2D eigenvalue weighted by molar-refractivity contribution is 6.05. The van der Waals surface area contributed by atoms with Crippen molar-refractivity contribution in [1.29, 1.82) is 0 Å². The molecule has 0 unspecified atom stereocenters. The molecule has 1 N–H and O–H groups in total. The molecule has 5 heteroatoms. The molecular weight excluding hydrogens is 350 g/mol. The molecule has 0 fully saturated rings. The molecule has 28 heavy (non-hydrogen) atoms. The summed E-state index contributed by atoms with van der Waals surface area (Å²) in [6.45, 7) is 2.55. The zero-order valence-corrected chi connectivity index (χ0v) is 16.1. The van der Waals surface area contributed by atoms with Crippen molar-refractivity contribution in [2.45, 2.75) is 13.3 Å². The number of carbonyl (C=O) groups excluding carboxylic acids is 2. The molecule has 3 rings (SSSR count). The van der Waals surface area contributed by atoms with Crippen molar-refractivity contribution in [3.05, 3.63) is 95.3 Å². The van der Waals surface area contributed by atoms with E-state index in [1.807, 2.05) is 43.3 Å². The van der Waals surface area contributed by atoms with E-state index < -0.39 is 0 Å². The van der Waals surface area contributed by atoms with Crippen LogP contribution in [0.5, 0.6) is 0 Å². The highest BCUT2D eigenvalue weighted by atomic mass is 16.2. The van der Waals surface area contributed by atoms with E-state index in [1.165, 1.54) is 0 Å². The summed E-state index contributed by atoms with van der Waals surface area (Å²) in [6, 6.07) is 18.2. The van der Waals surface area contributed by atoms with E-state index >= 15 is 0 Å². The number of amides is 2. The van der Waals surface area contributed by atoms with E-state index in [4.69, 9.17) is 0 Å². The van der Waals surface area contributed by atoms with E-state index in [-0.39, 0.29) is 11.8 Å². The number of nitrogens with one attached hydrogen (secondary N) is 1. The van der Waals surface area contributed by atoms with Crippen LogP contribution in [0.4, 0.5) is 5.69 Å². The van der Waals surface area contributed by atoms with Crippen LogP contribution in [-0.4, -0.2) is 35.3 Å². The minimum absolute atomic E-state index is 0.0695. The lowest BCUT2D eigenvalue weighted by Gasteiger charge is -2.17. The maximum absolute atomic E-state index is 12.6. The summed E-state index contributed by atoms with van der Waals surface area (Å²) in [4.78, 5) is 30.7. The maximum atomic E-state index is 12.6. The zero-order valence-electron chi connectivity index (χ0n) is 16.1. The van der Waals surface area contributed by atoms with Crippen LogP contribution >= 0.6 is 0 Å². The van der Waals surface area contributed by atoms with Crippen molar-refractivity contribution < 1.29 is 9.59 Å². The molecule has 1 heterocycles. The highest BCUT2D eigenvalue weighted by Crippen LogP contribution is 2.15. The van der Waals surface area contributed by atoms with Gasteiger partial charge in [-0.15, -0.1) is 0 Å². The number of pyridine rings is 1. The van der Waals surface area contributed by atoms with Gasteiger partial charge in [0.25, 0.3) is 11.8 Å². The van der Waals surface area contributed by atoms with Crippen molar-refractivity contribution >= 4 is 17.5 Å². The molecule has 0 saturated heterocycles. The Bertz CT molecular complexity index is 953. The van der Waals surface area contributed by atoms with E-state index in [1.54, 1.807) is 48.6 Å². The molecule has 3 aromatic rings. The van der Waals surface area contributed by atoms with Gasteiger partial charge in [0.2, 0.25) is 0 Å². The summed E-state index contributed by atoms with van der Waals surface area (Å²) in [6.07, 6.45) is 4.26. The minimum Gasteiger partial charge on any atom is -0.341 e. The lowest BCUT2D eigenvalue weighted by molar-refractivity contribution is 0.0796. The lowest BCUT2D eigenvalue weighted by atomic mass is 10.1. The Balaban J connectivity index is 1.60. The quantitative estimate of drug-likeness (QED) is 0.711. The number of nitrogens with zero attached hydrogens (tertiary/aromatic N) is 2. The van der Waals surface area contributed by atoms with E-state index in [0.717, 1.165) is 23.2 Å². The number of benzene rings is 2. The molecule has 1 aromatic heterocycles. The summed E-state index contributed by atoms with van der Waals surface area (Å²) < 4.78 is 0. The van der Waals surface area contributed by atoms with Gasteiger partial charge in [-0.1, -0.05) is 18.2 Å². The van der Waals surface area contributed by atoms with Gasteiger partial charge < -0.3 is 10.2 Å². The molecule has 0 radical (unpaired) electrons. The van der Waals surface area contributed by atoms with E-state index in [2.05, 4.69) is 10.3 Å². The molecule has 0 aliphatic carbocycles. The van der Waals surface area contributed by atoms with Crippen molar-refractivity contribution in [3.8, 4) is 0 Å². The van der Waals surface area contributed by atoms with Gasteiger partial charge in [0.05, 0.1) is 0 Å². The van der Waals surface area contributed by atoms with Gasteiger partial charge in [-0.05, 0) is 66.9 Å². The first-order valence-electron chi connectivity index (χ1n) is 9.16. The molecule has 0 aliphatic heterocycles. The molecule has 0 aliphatic rings. The second-order valence-corrected chi connectivity index (χ2v) is 6.68. The second-order valence-electron chi connectivity index (χ2n) is 6.68. The van der Waals surface area contributed by atoms with Crippen molar-refractivity contribution in [1.82, 2.24) is 9.88 Å². The third kappa shape index (κ3) is 4.82. The molecule has 5 nitrogen and oxygen atoms in total. The zero-order chi connectivity index (χ0) is 19.9. The van der Waals surface area contributed by atoms with Crippen LogP contribution in [0.15, 0.2) is 73.1 Å². The molecule has 2 aromatic carbocycles. The van der Waals surface area contributed by atoms with Crippen LogP contribution in [0, 0.1) is 6.92 Å². The van der Waals surface area contributed by atoms with Gasteiger partial charge in [-0.2, -0.15) is 0 Å². The predicted molar refractivity (Wildman–Crippen MR) is 110 cm³/mol. The summed E-state index contributed by atoms with van der Waals surface area (Å²) in [5.41, 5.74) is 3.99. The van der Waals surface area contributed by atoms with Crippen LogP contribution in [0.1, 0.15) is 31.8 Å². The topological polar surface area (TPSA) is 62.3 Å².